The van der Waals surface area contributed by atoms with Crippen molar-refractivity contribution in [1.29, 1.82) is 0 Å². The summed E-state index contributed by atoms with van der Waals surface area (Å²) in [4.78, 5) is 12.0. The van der Waals surface area contributed by atoms with E-state index in [4.69, 9.17) is 0 Å². The number of rotatable bonds is 5. The fourth-order valence-electron chi connectivity index (χ4n) is 7.98. The number of hydrogen-bond acceptors (Lipinski definition) is 2. The third-order valence-electron chi connectivity index (χ3n) is 10.6. The maximum atomic E-state index is 12.0. The molecule has 8 atom stereocenters. The summed E-state index contributed by atoms with van der Waals surface area (Å²) < 4.78 is 0. The van der Waals surface area contributed by atoms with Gasteiger partial charge in [0.25, 0.3) is 0 Å². The zero-order valence-corrected chi connectivity index (χ0v) is 20.2. The summed E-state index contributed by atoms with van der Waals surface area (Å²) in [6, 6.07) is 0. The van der Waals surface area contributed by atoms with E-state index in [2.05, 4.69) is 46.8 Å². The smallest absolute Gasteiger partial charge is 0.156 e. The van der Waals surface area contributed by atoms with Gasteiger partial charge in [0.15, 0.2) is 5.78 Å². The lowest BCUT2D eigenvalue weighted by Crippen LogP contribution is -2.49. The molecule has 168 valence electrons. The van der Waals surface area contributed by atoms with Gasteiger partial charge < -0.3 is 5.11 Å². The van der Waals surface area contributed by atoms with Crippen molar-refractivity contribution in [1.82, 2.24) is 0 Å². The molecule has 0 unspecified atom stereocenters. The maximum absolute atomic E-state index is 12.0. The maximum Gasteiger partial charge on any atom is 0.156 e. The molecule has 4 aliphatic rings. The highest BCUT2D eigenvalue weighted by Crippen LogP contribution is 2.66. The van der Waals surface area contributed by atoms with E-state index in [1.807, 2.05) is 13.0 Å². The van der Waals surface area contributed by atoms with E-state index in [9.17, 15) is 9.90 Å². The molecule has 0 aliphatic heterocycles. The number of allylic oxidation sites excluding steroid dienone is 4. The van der Waals surface area contributed by atoms with Crippen LogP contribution in [0.2, 0.25) is 0 Å². The summed E-state index contributed by atoms with van der Waals surface area (Å²) in [6.45, 7) is 13.8. The van der Waals surface area contributed by atoms with Crippen LogP contribution in [0.15, 0.2) is 23.8 Å². The van der Waals surface area contributed by atoms with Crippen LogP contribution in [0.1, 0.15) is 92.9 Å². The summed E-state index contributed by atoms with van der Waals surface area (Å²) in [6.07, 6.45) is 15.9. The van der Waals surface area contributed by atoms with Crippen LogP contribution in [0.5, 0.6) is 0 Å². The van der Waals surface area contributed by atoms with Crippen LogP contribution in [-0.2, 0) is 4.79 Å². The lowest BCUT2D eigenvalue weighted by molar-refractivity contribution is -0.116. The molecule has 2 saturated carbocycles. The van der Waals surface area contributed by atoms with Crippen LogP contribution >= 0.6 is 0 Å². The van der Waals surface area contributed by atoms with E-state index < -0.39 is 5.60 Å². The van der Waals surface area contributed by atoms with Crippen LogP contribution in [0, 0.1) is 46.3 Å². The lowest BCUT2D eigenvalue weighted by atomic mass is 9.48. The van der Waals surface area contributed by atoms with Gasteiger partial charge in [-0.15, -0.1) is 0 Å². The fraction of sp³-hybridized carbons (Fsp3) is 0.821. The molecule has 0 saturated heterocycles. The Kier molecular flexibility index (Phi) is 5.66. The zero-order valence-electron chi connectivity index (χ0n) is 20.2. The van der Waals surface area contributed by atoms with Crippen molar-refractivity contribution < 1.29 is 9.90 Å². The Hall–Kier alpha value is -0.890. The molecule has 0 aromatic carbocycles. The highest BCUT2D eigenvalue weighted by molar-refractivity contribution is 5.92. The Morgan fingerprint density at radius 3 is 2.57 bits per heavy atom. The van der Waals surface area contributed by atoms with Gasteiger partial charge in [-0.25, -0.2) is 0 Å². The van der Waals surface area contributed by atoms with Gasteiger partial charge in [-0.2, -0.15) is 0 Å². The summed E-state index contributed by atoms with van der Waals surface area (Å²) >= 11 is 0. The first-order chi connectivity index (χ1) is 14.0. The molecule has 30 heavy (non-hydrogen) atoms. The van der Waals surface area contributed by atoms with Crippen LogP contribution in [0.4, 0.5) is 0 Å². The normalized spacial score (nSPS) is 43.5. The zero-order chi connectivity index (χ0) is 21.9. The fourth-order valence-corrected chi connectivity index (χ4v) is 7.98. The SMILES string of the molecule is CC(C)[C@](C)(O)CC[C@@H](C)[C@H]1CC[C@H]2[C@@H]3C=CC4=CC(=O)CC[C@]4(C)[C@H]3CC[C@]12C. The number of aliphatic hydroxyl groups is 1. The molecule has 0 amide bonds. The molecule has 2 nitrogen and oxygen atoms in total. The average molecular weight is 413 g/mol. The highest BCUT2D eigenvalue weighted by Gasteiger charge is 2.58. The summed E-state index contributed by atoms with van der Waals surface area (Å²) in [7, 11) is 0. The molecule has 0 bridgehead atoms. The van der Waals surface area contributed by atoms with Crippen LogP contribution < -0.4 is 0 Å². The van der Waals surface area contributed by atoms with E-state index in [-0.39, 0.29) is 5.41 Å². The number of ketones is 1. The summed E-state index contributed by atoms with van der Waals surface area (Å²) in [5, 5.41) is 10.8. The van der Waals surface area contributed by atoms with Crippen molar-refractivity contribution in [2.75, 3.05) is 0 Å². The van der Waals surface area contributed by atoms with Crippen molar-refractivity contribution in [3.8, 4) is 0 Å². The van der Waals surface area contributed by atoms with Crippen molar-refractivity contribution in [2.24, 2.45) is 46.3 Å². The molecule has 1 N–H and O–H groups in total. The Morgan fingerprint density at radius 1 is 1.13 bits per heavy atom. The van der Waals surface area contributed by atoms with Crippen LogP contribution in [0.25, 0.3) is 0 Å². The van der Waals surface area contributed by atoms with E-state index in [1.165, 1.54) is 31.3 Å². The third kappa shape index (κ3) is 3.46. The first-order valence-electron chi connectivity index (χ1n) is 12.6. The van der Waals surface area contributed by atoms with Gasteiger partial charge in [0.05, 0.1) is 5.60 Å². The number of hydrogen-bond donors (Lipinski definition) is 1. The Labute approximate surface area is 184 Å². The second-order valence-electron chi connectivity index (χ2n) is 12.4. The third-order valence-corrected chi connectivity index (χ3v) is 10.6. The topological polar surface area (TPSA) is 37.3 Å². The molecule has 4 rings (SSSR count). The molecule has 0 heterocycles. The van der Waals surface area contributed by atoms with Gasteiger partial charge in [-0.1, -0.05) is 46.8 Å². The Morgan fingerprint density at radius 2 is 1.87 bits per heavy atom. The predicted octanol–water partition coefficient (Wildman–Crippen LogP) is 6.73. The molecular formula is C28H44O2. The van der Waals surface area contributed by atoms with Gasteiger partial charge in [-0.3, -0.25) is 4.79 Å². The van der Waals surface area contributed by atoms with E-state index in [0.29, 0.717) is 34.9 Å². The minimum Gasteiger partial charge on any atom is -0.390 e. The lowest BCUT2D eigenvalue weighted by Gasteiger charge is -2.56. The number of carbonyl (C=O) groups is 1. The quantitative estimate of drug-likeness (QED) is 0.543. The van der Waals surface area contributed by atoms with Gasteiger partial charge in [-0.05, 0) is 110 Å². The first kappa shape index (κ1) is 22.3. The second kappa shape index (κ2) is 7.61. The van der Waals surface area contributed by atoms with Gasteiger partial charge in [0, 0.05) is 6.42 Å². The standard InChI is InChI=1S/C28H44O2/c1-18(2)28(6,30)16-11-19(3)23-9-10-24-22-8-7-20-17-21(29)12-14-26(20,4)25(22)13-15-27(23,24)5/h7-8,17-19,22-25,30H,9-16H2,1-6H3/t19-,22+,23-,24+,25+,26+,27-,28-/m1/s1. The molecule has 4 aliphatic carbocycles. The minimum atomic E-state index is -0.549. The minimum absolute atomic E-state index is 0.203. The molecular weight excluding hydrogens is 368 g/mol. The molecule has 0 aromatic heterocycles. The average Bonchev–Trinajstić information content (AvgIpc) is 3.04. The van der Waals surface area contributed by atoms with E-state index in [0.717, 1.165) is 37.5 Å². The highest BCUT2D eigenvalue weighted by atomic mass is 16.3. The molecule has 0 aromatic rings. The van der Waals surface area contributed by atoms with Gasteiger partial charge >= 0.3 is 0 Å². The van der Waals surface area contributed by atoms with Crippen LogP contribution in [0.3, 0.4) is 0 Å². The second-order valence-corrected chi connectivity index (χ2v) is 12.4. The van der Waals surface area contributed by atoms with Crippen LogP contribution in [-0.4, -0.2) is 16.5 Å². The number of fused-ring (bicyclic) bond motifs is 5. The predicted molar refractivity (Wildman–Crippen MR) is 124 cm³/mol. The first-order valence-corrected chi connectivity index (χ1v) is 12.6. The largest absolute Gasteiger partial charge is 0.390 e. The van der Waals surface area contributed by atoms with Crippen molar-refractivity contribution in [3.63, 3.8) is 0 Å². The molecule has 0 spiro atoms. The van der Waals surface area contributed by atoms with Crippen molar-refractivity contribution >= 4 is 5.78 Å². The molecule has 2 fully saturated rings. The van der Waals surface area contributed by atoms with Gasteiger partial charge in [0.1, 0.15) is 0 Å². The molecule has 0 radical (unpaired) electrons. The van der Waals surface area contributed by atoms with Crippen molar-refractivity contribution in [2.45, 2.75) is 98.5 Å². The summed E-state index contributed by atoms with van der Waals surface area (Å²) in [5.74, 6) is 4.24. The molecule has 2 heteroatoms. The monoisotopic (exact) mass is 412 g/mol. The van der Waals surface area contributed by atoms with E-state index >= 15 is 0 Å². The Bertz CT molecular complexity index is 744. The summed E-state index contributed by atoms with van der Waals surface area (Å²) in [5.41, 5.74) is 1.39. The van der Waals surface area contributed by atoms with Gasteiger partial charge in [0.2, 0.25) is 0 Å². The van der Waals surface area contributed by atoms with E-state index in [1.54, 1.807) is 0 Å². The number of carbonyl (C=O) groups excluding carboxylic acids is 1. The Balaban J connectivity index is 1.52. The van der Waals surface area contributed by atoms with Crippen molar-refractivity contribution in [3.05, 3.63) is 23.8 Å².